The van der Waals surface area contributed by atoms with Crippen LogP contribution in [0.1, 0.15) is 19.0 Å². The predicted octanol–water partition coefficient (Wildman–Crippen LogP) is 3.34. The van der Waals surface area contributed by atoms with Crippen LogP contribution in [0.2, 0.25) is 0 Å². The molecule has 0 aliphatic carbocycles. The summed E-state index contributed by atoms with van der Waals surface area (Å²) < 4.78 is 4.26. The molecule has 124 valence electrons. The number of nitrogens with zero attached hydrogens (tertiary/aromatic N) is 4. The number of hydrogen-bond acceptors (Lipinski definition) is 4. The quantitative estimate of drug-likeness (QED) is 0.741. The fourth-order valence-corrected chi connectivity index (χ4v) is 3.89. The Morgan fingerprint density at radius 2 is 2.21 bits per heavy atom. The molecule has 0 bridgehead atoms. The molecule has 1 aliphatic rings. The van der Waals surface area contributed by atoms with Crippen LogP contribution < -0.4 is 5.32 Å². The lowest BCUT2D eigenvalue weighted by Crippen LogP contribution is -2.11. The Balaban J connectivity index is 1.76. The second-order valence-corrected chi connectivity index (χ2v) is 7.10. The van der Waals surface area contributed by atoms with Gasteiger partial charge in [0.15, 0.2) is 5.82 Å². The van der Waals surface area contributed by atoms with Gasteiger partial charge in [0.2, 0.25) is 0 Å². The molecule has 4 rings (SSSR count). The zero-order valence-corrected chi connectivity index (χ0v) is 14.6. The Kier molecular flexibility index (Phi) is 4.40. The van der Waals surface area contributed by atoms with E-state index in [1.807, 2.05) is 24.2 Å². The molecular weight excluding hydrogens is 318 g/mol. The number of rotatable bonds is 4. The monoisotopic (exact) mass is 339 g/mol. The third kappa shape index (κ3) is 2.87. The summed E-state index contributed by atoms with van der Waals surface area (Å²) in [6, 6.07) is 10.6. The second kappa shape index (κ2) is 6.83. The molecule has 3 aromatic rings. The zero-order valence-electron chi connectivity index (χ0n) is 13.8. The van der Waals surface area contributed by atoms with E-state index in [1.54, 1.807) is 0 Å². The lowest BCUT2D eigenvalue weighted by Gasteiger charge is -2.11. The van der Waals surface area contributed by atoms with Crippen LogP contribution in [0.25, 0.3) is 17.2 Å². The minimum atomic E-state index is 0.871. The molecule has 0 unspecified atom stereocenters. The summed E-state index contributed by atoms with van der Waals surface area (Å²) in [5.41, 5.74) is 3.33. The van der Waals surface area contributed by atoms with Crippen molar-refractivity contribution in [2.24, 2.45) is 0 Å². The predicted molar refractivity (Wildman–Crippen MR) is 97.5 cm³/mol. The first-order valence-corrected chi connectivity index (χ1v) is 9.38. The fraction of sp³-hybridized carbons (Fsp3) is 0.333. The van der Waals surface area contributed by atoms with Gasteiger partial charge in [0.25, 0.3) is 0 Å². The first-order valence-electron chi connectivity index (χ1n) is 8.40. The van der Waals surface area contributed by atoms with Gasteiger partial charge in [-0.05, 0) is 36.9 Å². The summed E-state index contributed by atoms with van der Waals surface area (Å²) in [4.78, 5) is 5.85. The first-order chi connectivity index (χ1) is 11.9. The van der Waals surface area contributed by atoms with Crippen LogP contribution >= 0.6 is 11.8 Å². The number of nitrogens with one attached hydrogen (secondary N) is 1. The summed E-state index contributed by atoms with van der Waals surface area (Å²) in [6.07, 6.45) is 4.98. The third-order valence-electron chi connectivity index (χ3n) is 4.19. The highest BCUT2D eigenvalue weighted by Gasteiger charge is 2.17. The summed E-state index contributed by atoms with van der Waals surface area (Å²) in [5.74, 6) is 1.95. The Morgan fingerprint density at radius 3 is 3.12 bits per heavy atom. The van der Waals surface area contributed by atoms with E-state index in [4.69, 9.17) is 5.10 Å². The Hall–Kier alpha value is -2.05. The summed E-state index contributed by atoms with van der Waals surface area (Å²) >= 11 is 1.85. The molecule has 2 aromatic heterocycles. The van der Waals surface area contributed by atoms with Crippen molar-refractivity contribution >= 4 is 11.8 Å². The van der Waals surface area contributed by atoms with Gasteiger partial charge in [-0.15, -0.1) is 11.8 Å². The van der Waals surface area contributed by atoms with Crippen molar-refractivity contribution in [3.8, 4) is 17.2 Å². The van der Waals surface area contributed by atoms with Crippen LogP contribution in [0.5, 0.6) is 0 Å². The van der Waals surface area contributed by atoms with Gasteiger partial charge in [0.05, 0.1) is 11.4 Å². The van der Waals surface area contributed by atoms with Crippen molar-refractivity contribution in [2.75, 3.05) is 12.3 Å². The van der Waals surface area contributed by atoms with Gasteiger partial charge in [-0.25, -0.2) is 4.98 Å². The molecule has 0 fully saturated rings. The number of aromatic nitrogens is 4. The molecule has 0 saturated carbocycles. The third-order valence-corrected chi connectivity index (χ3v) is 5.13. The number of thioether (sulfide) groups is 1. The fourth-order valence-electron chi connectivity index (χ4n) is 3.09. The summed E-state index contributed by atoms with van der Waals surface area (Å²) in [7, 11) is 0. The lowest BCUT2D eigenvalue weighted by molar-refractivity contribution is 0.588. The van der Waals surface area contributed by atoms with E-state index in [9.17, 15) is 0 Å². The summed E-state index contributed by atoms with van der Waals surface area (Å²) in [5, 5.41) is 8.24. The van der Waals surface area contributed by atoms with E-state index >= 15 is 0 Å². The molecule has 24 heavy (non-hydrogen) atoms. The molecule has 3 heterocycles. The van der Waals surface area contributed by atoms with E-state index in [-0.39, 0.29) is 0 Å². The van der Waals surface area contributed by atoms with Gasteiger partial charge < -0.3 is 5.32 Å². The van der Waals surface area contributed by atoms with Gasteiger partial charge in [-0.1, -0.05) is 19.1 Å². The Morgan fingerprint density at radius 1 is 1.29 bits per heavy atom. The maximum absolute atomic E-state index is 4.80. The van der Waals surface area contributed by atoms with Gasteiger partial charge in [0, 0.05) is 30.4 Å². The SMILES string of the molecule is CCSc1ccccc1-n1ccnc1-c1cc2n(n1)CCCNC2. The molecule has 1 aliphatic heterocycles. The molecule has 0 spiro atoms. The van der Waals surface area contributed by atoms with Crippen molar-refractivity contribution in [1.29, 1.82) is 0 Å². The van der Waals surface area contributed by atoms with Crippen LogP contribution in [-0.2, 0) is 13.1 Å². The number of para-hydroxylation sites is 1. The molecule has 1 N–H and O–H groups in total. The lowest BCUT2D eigenvalue weighted by atomic mass is 10.3. The van der Waals surface area contributed by atoms with Crippen LogP contribution in [-0.4, -0.2) is 31.6 Å². The van der Waals surface area contributed by atoms with E-state index in [0.717, 1.165) is 49.0 Å². The topological polar surface area (TPSA) is 47.7 Å². The van der Waals surface area contributed by atoms with Crippen LogP contribution in [0.3, 0.4) is 0 Å². The van der Waals surface area contributed by atoms with Crippen molar-refractivity contribution in [3.05, 3.63) is 48.4 Å². The largest absolute Gasteiger partial charge is 0.311 e. The normalized spacial score (nSPS) is 14.4. The van der Waals surface area contributed by atoms with Crippen molar-refractivity contribution in [2.45, 2.75) is 31.3 Å². The van der Waals surface area contributed by atoms with E-state index in [2.05, 4.69) is 56.8 Å². The van der Waals surface area contributed by atoms with Gasteiger partial charge in [-0.3, -0.25) is 9.25 Å². The standard InChI is InChI=1S/C18H21N5S/c1-2-24-17-7-4-3-6-16(17)22-11-9-20-18(22)15-12-14-13-19-8-5-10-23(14)21-15/h3-4,6-7,9,11-12,19H,2,5,8,10,13H2,1H3. The molecule has 1 aromatic carbocycles. The summed E-state index contributed by atoms with van der Waals surface area (Å²) in [6.45, 7) is 5.06. The number of hydrogen-bond donors (Lipinski definition) is 1. The molecule has 5 nitrogen and oxygen atoms in total. The molecule has 0 radical (unpaired) electrons. The molecule has 6 heteroatoms. The molecule has 0 atom stereocenters. The van der Waals surface area contributed by atoms with Crippen molar-refractivity contribution in [1.82, 2.24) is 24.6 Å². The smallest absolute Gasteiger partial charge is 0.165 e. The number of aryl methyl sites for hydroxylation is 1. The van der Waals surface area contributed by atoms with Crippen LogP contribution in [0.4, 0.5) is 0 Å². The number of fused-ring (bicyclic) bond motifs is 1. The van der Waals surface area contributed by atoms with Crippen molar-refractivity contribution in [3.63, 3.8) is 0 Å². The maximum atomic E-state index is 4.80. The van der Waals surface area contributed by atoms with Gasteiger partial charge >= 0.3 is 0 Å². The van der Waals surface area contributed by atoms with E-state index in [1.165, 1.54) is 10.6 Å². The van der Waals surface area contributed by atoms with Crippen molar-refractivity contribution < 1.29 is 0 Å². The van der Waals surface area contributed by atoms with Crippen LogP contribution in [0.15, 0.2) is 47.6 Å². The van der Waals surface area contributed by atoms with E-state index in [0.29, 0.717) is 0 Å². The molecule has 0 amide bonds. The Bertz CT molecular complexity index is 812. The maximum Gasteiger partial charge on any atom is 0.165 e. The van der Waals surface area contributed by atoms with Gasteiger partial charge in [0.1, 0.15) is 5.69 Å². The highest BCUT2D eigenvalue weighted by Crippen LogP contribution is 2.29. The zero-order chi connectivity index (χ0) is 16.4. The van der Waals surface area contributed by atoms with Gasteiger partial charge in [-0.2, -0.15) is 5.10 Å². The molecular formula is C18H21N5S. The molecule has 0 saturated heterocycles. The van der Waals surface area contributed by atoms with E-state index < -0.39 is 0 Å². The minimum Gasteiger partial charge on any atom is -0.311 e. The minimum absolute atomic E-state index is 0.871. The number of imidazole rings is 1. The highest BCUT2D eigenvalue weighted by atomic mass is 32.2. The Labute approximate surface area is 146 Å². The van der Waals surface area contributed by atoms with Crippen LogP contribution in [0, 0.1) is 0 Å². The second-order valence-electron chi connectivity index (χ2n) is 5.80. The average Bonchev–Trinajstić information content (AvgIpc) is 3.18. The highest BCUT2D eigenvalue weighted by molar-refractivity contribution is 7.99. The average molecular weight is 339 g/mol. The number of benzene rings is 1. The first kappa shape index (κ1) is 15.5.